The van der Waals surface area contributed by atoms with Gasteiger partial charge in [-0.25, -0.2) is 8.42 Å². The number of amides is 1. The lowest BCUT2D eigenvalue weighted by molar-refractivity contribution is -0.122. The Morgan fingerprint density at radius 3 is 2.20 bits per heavy atom. The molecule has 1 aromatic rings. The second kappa shape index (κ2) is 6.37. The second-order valence-electron chi connectivity index (χ2n) is 5.54. The number of carbonyl (C=O) groups excluding carboxylic acids is 1. The summed E-state index contributed by atoms with van der Waals surface area (Å²) in [7, 11) is -3.63. The first-order chi connectivity index (χ1) is 9.16. The fraction of sp³-hybridized carbons (Fsp3) is 0.500. The van der Waals surface area contributed by atoms with Crippen molar-refractivity contribution < 1.29 is 13.2 Å². The fourth-order valence-corrected chi connectivity index (χ4v) is 3.15. The zero-order valence-electron chi connectivity index (χ0n) is 12.4. The van der Waals surface area contributed by atoms with Gasteiger partial charge in [0.05, 0.1) is 11.4 Å². The number of sulfonamides is 1. The van der Waals surface area contributed by atoms with Gasteiger partial charge in [0.15, 0.2) is 0 Å². The molecule has 0 unspecified atom stereocenters. The molecule has 0 bridgehead atoms. The van der Waals surface area contributed by atoms with Crippen LogP contribution in [0.5, 0.6) is 0 Å². The molecule has 5 nitrogen and oxygen atoms in total. The predicted octanol–water partition coefficient (Wildman–Crippen LogP) is 1.61. The van der Waals surface area contributed by atoms with E-state index in [4.69, 9.17) is 0 Å². The molecule has 0 fully saturated rings. The molecule has 1 aromatic carbocycles. The Bertz CT molecular complexity index is 548. The number of hydrogen-bond acceptors (Lipinski definition) is 3. The third-order valence-corrected chi connectivity index (χ3v) is 4.50. The molecule has 0 saturated heterocycles. The quantitative estimate of drug-likeness (QED) is 0.898. The summed E-state index contributed by atoms with van der Waals surface area (Å²) in [4.78, 5) is 12.1. The van der Waals surface area contributed by atoms with Crippen LogP contribution in [-0.4, -0.2) is 37.3 Å². The van der Waals surface area contributed by atoms with E-state index >= 15 is 0 Å². The number of nitrogens with zero attached hydrogens (tertiary/aromatic N) is 1. The molecule has 0 aromatic heterocycles. The van der Waals surface area contributed by atoms with Gasteiger partial charge in [-0.05, 0) is 32.9 Å². The van der Waals surface area contributed by atoms with Crippen LogP contribution < -0.4 is 5.32 Å². The van der Waals surface area contributed by atoms with Gasteiger partial charge in [0.2, 0.25) is 15.9 Å². The van der Waals surface area contributed by atoms with Crippen molar-refractivity contribution in [1.29, 1.82) is 0 Å². The summed E-state index contributed by atoms with van der Waals surface area (Å²) in [6.45, 7) is 7.34. The van der Waals surface area contributed by atoms with Gasteiger partial charge in [-0.3, -0.25) is 4.79 Å². The van der Waals surface area contributed by atoms with Crippen LogP contribution >= 0.6 is 0 Å². The highest BCUT2D eigenvalue weighted by atomic mass is 32.2. The van der Waals surface area contributed by atoms with Crippen molar-refractivity contribution in [2.24, 2.45) is 0 Å². The van der Waals surface area contributed by atoms with E-state index in [0.29, 0.717) is 0 Å². The summed E-state index contributed by atoms with van der Waals surface area (Å²) in [6.07, 6.45) is 0. The Hall–Kier alpha value is -1.40. The summed E-state index contributed by atoms with van der Waals surface area (Å²) < 4.78 is 26.0. The molecule has 1 N–H and O–H groups in total. The zero-order chi connectivity index (χ0) is 15.4. The topological polar surface area (TPSA) is 66.5 Å². The first-order valence-corrected chi connectivity index (χ1v) is 7.97. The predicted molar refractivity (Wildman–Crippen MR) is 78.8 cm³/mol. The zero-order valence-corrected chi connectivity index (χ0v) is 13.2. The van der Waals surface area contributed by atoms with Crippen molar-refractivity contribution in [1.82, 2.24) is 9.62 Å². The highest BCUT2D eigenvalue weighted by molar-refractivity contribution is 7.89. The average molecular weight is 298 g/mol. The number of hydrogen-bond donors (Lipinski definition) is 1. The standard InChI is InChI=1S/C14H22N2O3S/c1-5-16(11-13(17)15-14(2,3)4)20(18,19)12-9-7-6-8-10-12/h6-10H,5,11H2,1-4H3,(H,15,17). The SMILES string of the molecule is CCN(CC(=O)NC(C)(C)C)S(=O)(=O)c1ccccc1. The maximum Gasteiger partial charge on any atom is 0.243 e. The van der Waals surface area contributed by atoms with E-state index in [1.807, 2.05) is 20.8 Å². The minimum Gasteiger partial charge on any atom is -0.350 e. The lowest BCUT2D eigenvalue weighted by atomic mass is 10.1. The summed E-state index contributed by atoms with van der Waals surface area (Å²) in [6, 6.07) is 8.13. The normalized spacial score (nSPS) is 12.4. The van der Waals surface area contributed by atoms with E-state index in [2.05, 4.69) is 5.32 Å². The minimum absolute atomic E-state index is 0.176. The smallest absolute Gasteiger partial charge is 0.243 e. The van der Waals surface area contributed by atoms with E-state index in [1.54, 1.807) is 25.1 Å². The Kier molecular flexibility index (Phi) is 5.30. The number of nitrogens with one attached hydrogen (secondary N) is 1. The Morgan fingerprint density at radius 2 is 1.75 bits per heavy atom. The molecular weight excluding hydrogens is 276 g/mol. The van der Waals surface area contributed by atoms with Gasteiger partial charge in [0.1, 0.15) is 0 Å². The molecular formula is C14H22N2O3S. The molecule has 0 radical (unpaired) electrons. The van der Waals surface area contributed by atoms with Crippen LogP contribution in [0.25, 0.3) is 0 Å². The average Bonchev–Trinajstić information content (AvgIpc) is 2.34. The first kappa shape index (κ1) is 16.7. The van der Waals surface area contributed by atoms with Crippen LogP contribution in [0.3, 0.4) is 0 Å². The first-order valence-electron chi connectivity index (χ1n) is 6.53. The highest BCUT2D eigenvalue weighted by Gasteiger charge is 2.26. The van der Waals surface area contributed by atoms with Crippen molar-refractivity contribution in [3.05, 3.63) is 30.3 Å². The van der Waals surface area contributed by atoms with Gasteiger partial charge in [-0.1, -0.05) is 25.1 Å². The molecule has 0 atom stereocenters. The van der Waals surface area contributed by atoms with Crippen LogP contribution in [0.15, 0.2) is 35.2 Å². The van der Waals surface area contributed by atoms with E-state index in [1.165, 1.54) is 16.4 Å². The summed E-state index contributed by atoms with van der Waals surface area (Å²) in [5.41, 5.74) is -0.382. The molecule has 0 heterocycles. The number of likely N-dealkylation sites (N-methyl/N-ethyl adjacent to an activating group) is 1. The number of benzene rings is 1. The molecule has 0 aliphatic heterocycles. The van der Waals surface area contributed by atoms with Crippen LogP contribution in [0.2, 0.25) is 0 Å². The summed E-state index contributed by atoms with van der Waals surface area (Å²) in [5, 5.41) is 2.76. The largest absolute Gasteiger partial charge is 0.350 e. The molecule has 0 spiro atoms. The van der Waals surface area contributed by atoms with E-state index in [0.717, 1.165) is 0 Å². The molecule has 1 rings (SSSR count). The van der Waals surface area contributed by atoms with Gasteiger partial charge in [-0.2, -0.15) is 4.31 Å². The summed E-state index contributed by atoms with van der Waals surface area (Å²) in [5.74, 6) is -0.307. The van der Waals surface area contributed by atoms with Crippen LogP contribution in [-0.2, 0) is 14.8 Å². The number of rotatable bonds is 5. The molecule has 6 heteroatoms. The van der Waals surface area contributed by atoms with Gasteiger partial charge >= 0.3 is 0 Å². The van der Waals surface area contributed by atoms with Crippen molar-refractivity contribution in [3.8, 4) is 0 Å². The van der Waals surface area contributed by atoms with Crippen LogP contribution in [0, 0.1) is 0 Å². The minimum atomic E-state index is -3.63. The van der Waals surface area contributed by atoms with Crippen LogP contribution in [0.1, 0.15) is 27.7 Å². The second-order valence-corrected chi connectivity index (χ2v) is 7.48. The van der Waals surface area contributed by atoms with Crippen molar-refractivity contribution in [3.63, 3.8) is 0 Å². The lowest BCUT2D eigenvalue weighted by Gasteiger charge is -2.24. The third-order valence-electron chi connectivity index (χ3n) is 2.57. The van der Waals surface area contributed by atoms with Crippen molar-refractivity contribution in [2.75, 3.05) is 13.1 Å². The molecule has 0 saturated carbocycles. The Morgan fingerprint density at radius 1 is 1.20 bits per heavy atom. The lowest BCUT2D eigenvalue weighted by Crippen LogP contribution is -2.47. The maximum absolute atomic E-state index is 12.4. The number of carbonyl (C=O) groups is 1. The maximum atomic E-state index is 12.4. The van der Waals surface area contributed by atoms with Crippen molar-refractivity contribution in [2.45, 2.75) is 38.1 Å². The molecule has 0 aliphatic carbocycles. The van der Waals surface area contributed by atoms with Crippen molar-refractivity contribution >= 4 is 15.9 Å². The summed E-state index contributed by atoms with van der Waals surface area (Å²) >= 11 is 0. The Balaban J connectivity index is 2.89. The Labute approximate surface area is 121 Å². The molecule has 20 heavy (non-hydrogen) atoms. The molecule has 112 valence electrons. The monoisotopic (exact) mass is 298 g/mol. The van der Waals surface area contributed by atoms with E-state index in [9.17, 15) is 13.2 Å². The highest BCUT2D eigenvalue weighted by Crippen LogP contribution is 2.14. The molecule has 0 aliphatic rings. The third kappa shape index (κ3) is 4.61. The van der Waals surface area contributed by atoms with E-state index < -0.39 is 10.0 Å². The van der Waals surface area contributed by atoms with Gasteiger partial charge in [0.25, 0.3) is 0 Å². The van der Waals surface area contributed by atoms with Crippen LogP contribution in [0.4, 0.5) is 0 Å². The van der Waals surface area contributed by atoms with Gasteiger partial charge in [0, 0.05) is 12.1 Å². The van der Waals surface area contributed by atoms with E-state index in [-0.39, 0.29) is 29.4 Å². The fourth-order valence-electron chi connectivity index (χ4n) is 1.73. The molecule has 1 amide bonds. The van der Waals surface area contributed by atoms with Gasteiger partial charge in [-0.15, -0.1) is 0 Å². The van der Waals surface area contributed by atoms with Gasteiger partial charge < -0.3 is 5.32 Å².